The molecule has 0 spiro atoms. The van der Waals surface area contributed by atoms with Gasteiger partial charge in [0.2, 0.25) is 0 Å². The van der Waals surface area contributed by atoms with Gasteiger partial charge in [-0.2, -0.15) is 0 Å². The van der Waals surface area contributed by atoms with Gasteiger partial charge in [-0.25, -0.2) is 9.59 Å². The third kappa shape index (κ3) is 8.91. The van der Waals surface area contributed by atoms with E-state index in [0.29, 0.717) is 23.0 Å². The van der Waals surface area contributed by atoms with Crippen molar-refractivity contribution in [2.45, 2.75) is 13.2 Å². The van der Waals surface area contributed by atoms with Gasteiger partial charge < -0.3 is 39.8 Å². The van der Waals surface area contributed by atoms with Crippen LogP contribution in [0.3, 0.4) is 0 Å². The first-order valence-corrected chi connectivity index (χ1v) is 8.64. The summed E-state index contributed by atoms with van der Waals surface area (Å²) >= 11 is 0. The number of methoxy groups -OCH3 is 4. The molecular formula is C20H26N2O8. The number of amides is 2. The number of carbonyl (C=O) groups excluding carboxylic acids is 1. The first kappa shape index (κ1) is 24.2. The molecule has 10 heteroatoms. The molecule has 4 N–H and O–H groups in total. The lowest BCUT2D eigenvalue weighted by Gasteiger charge is -2.08. The molecule has 164 valence electrons. The van der Waals surface area contributed by atoms with Gasteiger partial charge >= 0.3 is 12.2 Å². The summed E-state index contributed by atoms with van der Waals surface area (Å²) in [7, 11) is 6.19. The quantitative estimate of drug-likeness (QED) is 0.590. The fourth-order valence-electron chi connectivity index (χ4n) is 2.25. The standard InChI is InChI=1S/2C10H13NO4/c1-13-8-3-7(6-15-10(11)12)4-9(5-8)14-2;1-14-8-3-7(6-11-10(12)13)4-9(5-8)15-2/h3-5H,6H2,1-2H3,(H2,11,12);3-5,11H,6H2,1-2H3,(H,12,13). The molecule has 0 aliphatic rings. The summed E-state index contributed by atoms with van der Waals surface area (Å²) in [6.07, 6.45) is -1.87. The van der Waals surface area contributed by atoms with Crippen molar-refractivity contribution in [3.05, 3.63) is 47.5 Å². The Hall–Kier alpha value is -3.82. The van der Waals surface area contributed by atoms with Crippen molar-refractivity contribution in [1.82, 2.24) is 5.32 Å². The smallest absolute Gasteiger partial charge is 0.404 e. The molecule has 0 saturated heterocycles. The highest BCUT2D eigenvalue weighted by atomic mass is 16.5. The highest BCUT2D eigenvalue weighted by molar-refractivity contribution is 5.64. The van der Waals surface area contributed by atoms with E-state index >= 15 is 0 Å². The number of nitrogens with one attached hydrogen (secondary N) is 1. The van der Waals surface area contributed by atoms with Gasteiger partial charge in [-0.3, -0.25) is 0 Å². The van der Waals surface area contributed by atoms with Crippen molar-refractivity contribution in [3.63, 3.8) is 0 Å². The second kappa shape index (κ2) is 12.6. The van der Waals surface area contributed by atoms with E-state index in [1.54, 1.807) is 64.8 Å². The van der Waals surface area contributed by atoms with Crippen LogP contribution in [0.25, 0.3) is 0 Å². The van der Waals surface area contributed by atoms with Gasteiger partial charge in [0.1, 0.15) is 29.6 Å². The predicted octanol–water partition coefficient (Wildman–Crippen LogP) is 2.77. The predicted molar refractivity (Wildman–Crippen MR) is 108 cm³/mol. The van der Waals surface area contributed by atoms with Gasteiger partial charge in [-0.05, 0) is 35.4 Å². The van der Waals surface area contributed by atoms with Crippen molar-refractivity contribution in [2.75, 3.05) is 28.4 Å². The summed E-state index contributed by atoms with van der Waals surface area (Å²) in [5.41, 5.74) is 6.40. The van der Waals surface area contributed by atoms with E-state index in [1.807, 2.05) is 0 Å². The Morgan fingerprint density at radius 2 is 1.20 bits per heavy atom. The number of nitrogens with two attached hydrogens (primary N) is 1. The number of carboxylic acid groups (broad SMARTS) is 1. The molecule has 0 aromatic heterocycles. The minimum atomic E-state index is -1.06. The van der Waals surface area contributed by atoms with Crippen LogP contribution >= 0.6 is 0 Å². The summed E-state index contributed by atoms with van der Waals surface area (Å²) in [5.74, 6) is 2.54. The van der Waals surface area contributed by atoms with Crippen LogP contribution in [0.5, 0.6) is 23.0 Å². The average Bonchev–Trinajstić information content (AvgIpc) is 2.75. The van der Waals surface area contributed by atoms with E-state index in [1.165, 1.54) is 0 Å². The van der Waals surface area contributed by atoms with Crippen molar-refractivity contribution in [2.24, 2.45) is 5.73 Å². The molecule has 0 bridgehead atoms. The van der Waals surface area contributed by atoms with Crippen LogP contribution in [0.4, 0.5) is 9.59 Å². The van der Waals surface area contributed by atoms with Crippen LogP contribution in [0, 0.1) is 0 Å². The lowest BCUT2D eigenvalue weighted by molar-refractivity contribution is 0.150. The fourth-order valence-corrected chi connectivity index (χ4v) is 2.25. The zero-order valence-corrected chi connectivity index (χ0v) is 17.3. The van der Waals surface area contributed by atoms with Gasteiger partial charge in [-0.15, -0.1) is 0 Å². The Morgan fingerprint density at radius 1 is 0.800 bits per heavy atom. The molecule has 10 nitrogen and oxygen atoms in total. The molecule has 0 saturated carbocycles. The van der Waals surface area contributed by atoms with E-state index in [4.69, 9.17) is 29.8 Å². The molecule has 30 heavy (non-hydrogen) atoms. The minimum Gasteiger partial charge on any atom is -0.497 e. The van der Waals surface area contributed by atoms with Crippen LogP contribution < -0.4 is 30.0 Å². The third-order valence-corrected chi connectivity index (χ3v) is 3.65. The Balaban J connectivity index is 0.000000300. The summed E-state index contributed by atoms with van der Waals surface area (Å²) in [4.78, 5) is 20.7. The molecule has 2 aromatic carbocycles. The number of hydrogen-bond donors (Lipinski definition) is 3. The average molecular weight is 422 g/mol. The molecule has 0 radical (unpaired) electrons. The lowest BCUT2D eigenvalue weighted by Crippen LogP contribution is -2.19. The van der Waals surface area contributed by atoms with E-state index in [9.17, 15) is 9.59 Å². The van der Waals surface area contributed by atoms with E-state index in [2.05, 4.69) is 10.1 Å². The highest BCUT2D eigenvalue weighted by Crippen LogP contribution is 2.23. The van der Waals surface area contributed by atoms with Crippen molar-refractivity contribution >= 4 is 12.2 Å². The SMILES string of the molecule is COc1cc(CNC(=O)O)cc(OC)c1.COc1cc(COC(N)=O)cc(OC)c1. The van der Waals surface area contributed by atoms with Crippen molar-refractivity contribution in [3.8, 4) is 23.0 Å². The Morgan fingerprint density at radius 3 is 1.53 bits per heavy atom. The second-order valence-electron chi connectivity index (χ2n) is 5.71. The maximum Gasteiger partial charge on any atom is 0.404 e. The summed E-state index contributed by atoms with van der Waals surface area (Å²) in [6, 6.07) is 10.4. The minimum absolute atomic E-state index is 0.100. The largest absolute Gasteiger partial charge is 0.497 e. The molecule has 0 aliphatic carbocycles. The lowest BCUT2D eigenvalue weighted by atomic mass is 10.2. The monoisotopic (exact) mass is 422 g/mol. The summed E-state index contributed by atoms with van der Waals surface area (Å²) in [6.45, 7) is 0.325. The Labute approximate surface area is 174 Å². The Bertz CT molecular complexity index is 728. The summed E-state index contributed by atoms with van der Waals surface area (Å²) < 4.78 is 24.9. The topological polar surface area (TPSA) is 139 Å². The van der Waals surface area contributed by atoms with Crippen LogP contribution in [-0.2, 0) is 17.9 Å². The van der Waals surface area contributed by atoms with Crippen molar-refractivity contribution < 1.29 is 38.4 Å². The van der Waals surface area contributed by atoms with Gasteiger partial charge in [-0.1, -0.05) is 0 Å². The third-order valence-electron chi connectivity index (χ3n) is 3.65. The maximum atomic E-state index is 10.4. The Kier molecular flexibility index (Phi) is 10.2. The zero-order valence-electron chi connectivity index (χ0n) is 17.3. The molecule has 0 atom stereocenters. The molecule has 0 heterocycles. The second-order valence-corrected chi connectivity index (χ2v) is 5.71. The van der Waals surface area contributed by atoms with E-state index < -0.39 is 12.2 Å². The molecule has 2 aromatic rings. The zero-order chi connectivity index (χ0) is 22.5. The first-order valence-electron chi connectivity index (χ1n) is 8.64. The van der Waals surface area contributed by atoms with Gasteiger partial charge in [0.05, 0.1) is 28.4 Å². The summed E-state index contributed by atoms with van der Waals surface area (Å²) in [5, 5.41) is 10.7. The molecule has 0 aliphatic heterocycles. The number of carbonyl (C=O) groups is 2. The molecule has 0 unspecified atom stereocenters. The number of rotatable bonds is 8. The van der Waals surface area contributed by atoms with Gasteiger partial charge in [0.15, 0.2) is 0 Å². The van der Waals surface area contributed by atoms with Gasteiger partial charge in [0.25, 0.3) is 0 Å². The van der Waals surface area contributed by atoms with Crippen LogP contribution in [-0.4, -0.2) is 45.7 Å². The molecule has 0 fully saturated rings. The van der Waals surface area contributed by atoms with Crippen molar-refractivity contribution in [1.29, 1.82) is 0 Å². The number of primary amides is 1. The van der Waals surface area contributed by atoms with Crippen LogP contribution in [0.15, 0.2) is 36.4 Å². The first-order chi connectivity index (χ1) is 14.3. The van der Waals surface area contributed by atoms with E-state index in [0.717, 1.165) is 11.1 Å². The van der Waals surface area contributed by atoms with E-state index in [-0.39, 0.29) is 13.2 Å². The normalized spacial score (nSPS) is 9.47. The van der Waals surface area contributed by atoms with Crippen LogP contribution in [0.2, 0.25) is 0 Å². The molecular weight excluding hydrogens is 396 g/mol. The molecule has 2 amide bonds. The number of benzene rings is 2. The highest BCUT2D eigenvalue weighted by Gasteiger charge is 2.04. The van der Waals surface area contributed by atoms with Crippen LogP contribution in [0.1, 0.15) is 11.1 Å². The van der Waals surface area contributed by atoms with Gasteiger partial charge in [0, 0.05) is 18.7 Å². The molecule has 2 rings (SSSR count). The number of ether oxygens (including phenoxy) is 5. The fraction of sp³-hybridized carbons (Fsp3) is 0.300. The maximum absolute atomic E-state index is 10.4. The number of hydrogen-bond acceptors (Lipinski definition) is 7.